The summed E-state index contributed by atoms with van der Waals surface area (Å²) < 4.78 is 24.1. The van der Waals surface area contributed by atoms with Crippen molar-refractivity contribution in [3.05, 3.63) is 83.2 Å². The number of rotatable bonds is 8. The van der Waals surface area contributed by atoms with Crippen molar-refractivity contribution in [3.63, 3.8) is 0 Å². The number of amides is 3. The quantitative estimate of drug-likeness (QED) is 0.355. The van der Waals surface area contributed by atoms with Crippen LogP contribution in [0, 0.1) is 5.82 Å². The van der Waals surface area contributed by atoms with E-state index in [1.165, 1.54) is 31.4 Å². The van der Waals surface area contributed by atoms with E-state index in [-0.39, 0.29) is 29.5 Å². The lowest BCUT2D eigenvalue weighted by Gasteiger charge is -2.37. The first kappa shape index (κ1) is 30.8. The van der Waals surface area contributed by atoms with Gasteiger partial charge in [0.15, 0.2) is 11.5 Å². The first-order valence-electron chi connectivity index (χ1n) is 14.8. The summed E-state index contributed by atoms with van der Waals surface area (Å²) in [6.07, 6.45) is 3.38. The van der Waals surface area contributed by atoms with Gasteiger partial charge in [0.25, 0.3) is 17.7 Å². The zero-order valence-corrected chi connectivity index (χ0v) is 25.0. The van der Waals surface area contributed by atoms with Gasteiger partial charge in [0.2, 0.25) is 0 Å². The largest absolute Gasteiger partial charge is 0.493 e. The molecule has 1 saturated carbocycles. The molecular formula is C33H38FN5O5. The summed E-state index contributed by atoms with van der Waals surface area (Å²) in [7, 11) is 3.07. The van der Waals surface area contributed by atoms with Gasteiger partial charge in [-0.25, -0.2) is 4.39 Å². The molecule has 2 aliphatic rings. The van der Waals surface area contributed by atoms with Crippen LogP contribution in [-0.2, 0) is 0 Å². The fourth-order valence-corrected chi connectivity index (χ4v) is 5.68. The Morgan fingerprint density at radius 1 is 0.773 bits per heavy atom. The Balaban J connectivity index is 1.33. The Labute approximate surface area is 256 Å². The number of piperazine rings is 1. The Kier molecular flexibility index (Phi) is 9.64. The molecule has 0 atom stereocenters. The molecule has 11 heteroatoms. The topological polar surface area (TPSA) is 126 Å². The molecule has 0 unspecified atom stereocenters. The Bertz CT molecular complexity index is 1500. The molecule has 5 rings (SSSR count). The van der Waals surface area contributed by atoms with Crippen LogP contribution < -0.4 is 30.7 Å². The number of benzene rings is 3. The Morgan fingerprint density at radius 2 is 1.41 bits per heavy atom. The van der Waals surface area contributed by atoms with Crippen molar-refractivity contribution in [1.29, 1.82) is 0 Å². The molecule has 3 amide bonds. The van der Waals surface area contributed by atoms with Gasteiger partial charge in [-0.15, -0.1) is 0 Å². The number of hydrogen-bond donors (Lipinski definition) is 3. The lowest BCUT2D eigenvalue weighted by Crippen LogP contribution is -2.49. The molecule has 0 radical (unpaired) electrons. The van der Waals surface area contributed by atoms with Crippen molar-refractivity contribution >= 4 is 29.1 Å². The highest BCUT2D eigenvalue weighted by atomic mass is 19.1. The third-order valence-corrected chi connectivity index (χ3v) is 8.26. The number of nitrogens with one attached hydrogen (secondary N) is 2. The number of methoxy groups -OCH3 is 2. The lowest BCUT2D eigenvalue weighted by molar-refractivity contribution is 0.0746. The van der Waals surface area contributed by atoms with Gasteiger partial charge in [0, 0.05) is 55.0 Å². The van der Waals surface area contributed by atoms with Gasteiger partial charge in [-0.05, 0) is 86.3 Å². The van der Waals surface area contributed by atoms with E-state index in [1.807, 2.05) is 6.07 Å². The molecule has 0 spiro atoms. The van der Waals surface area contributed by atoms with E-state index in [4.69, 9.17) is 15.2 Å². The maximum atomic E-state index is 13.5. The second-order valence-corrected chi connectivity index (χ2v) is 11.1. The normalized spacial score (nSPS) is 18.4. The molecule has 0 aromatic heterocycles. The summed E-state index contributed by atoms with van der Waals surface area (Å²) in [4.78, 5) is 43.5. The van der Waals surface area contributed by atoms with Crippen molar-refractivity contribution in [2.45, 2.75) is 37.8 Å². The highest BCUT2D eigenvalue weighted by molar-refractivity contribution is 6.07. The smallest absolute Gasteiger partial charge is 0.255 e. The average Bonchev–Trinajstić information content (AvgIpc) is 3.05. The number of nitrogens with two attached hydrogens (primary N) is 1. The number of halogens is 1. The predicted octanol–water partition coefficient (Wildman–Crippen LogP) is 4.06. The molecule has 1 aliphatic carbocycles. The van der Waals surface area contributed by atoms with Gasteiger partial charge in [0.1, 0.15) is 5.82 Å². The van der Waals surface area contributed by atoms with E-state index >= 15 is 0 Å². The van der Waals surface area contributed by atoms with Crippen LogP contribution in [0.5, 0.6) is 11.5 Å². The van der Waals surface area contributed by atoms with Gasteiger partial charge in [-0.2, -0.15) is 0 Å². The van der Waals surface area contributed by atoms with Crippen molar-refractivity contribution in [1.82, 2.24) is 10.2 Å². The zero-order valence-electron chi connectivity index (χ0n) is 25.0. The number of hydrogen-bond acceptors (Lipinski definition) is 7. The molecule has 3 aromatic carbocycles. The van der Waals surface area contributed by atoms with Crippen molar-refractivity contribution in [2.24, 2.45) is 5.73 Å². The monoisotopic (exact) mass is 603 g/mol. The Hall–Kier alpha value is -4.64. The van der Waals surface area contributed by atoms with Crippen molar-refractivity contribution in [3.8, 4) is 11.5 Å². The summed E-state index contributed by atoms with van der Waals surface area (Å²) >= 11 is 0. The molecule has 2 fully saturated rings. The third-order valence-electron chi connectivity index (χ3n) is 8.26. The summed E-state index contributed by atoms with van der Waals surface area (Å²) in [5.74, 6) is -0.179. The van der Waals surface area contributed by atoms with E-state index in [1.54, 1.807) is 42.3 Å². The van der Waals surface area contributed by atoms with Crippen molar-refractivity contribution in [2.75, 3.05) is 50.6 Å². The first-order chi connectivity index (χ1) is 21.2. The summed E-state index contributed by atoms with van der Waals surface area (Å²) in [6.45, 7) is 1.91. The first-order valence-corrected chi connectivity index (χ1v) is 14.8. The van der Waals surface area contributed by atoms with Gasteiger partial charge >= 0.3 is 0 Å². The fourth-order valence-electron chi connectivity index (χ4n) is 5.68. The molecule has 0 bridgehead atoms. The molecule has 1 saturated heterocycles. The average molecular weight is 604 g/mol. The number of nitrogens with zero attached hydrogens (tertiary/aromatic N) is 2. The second-order valence-electron chi connectivity index (χ2n) is 11.1. The highest BCUT2D eigenvalue weighted by Gasteiger charge is 2.26. The van der Waals surface area contributed by atoms with E-state index in [9.17, 15) is 18.8 Å². The molecule has 1 aliphatic heterocycles. The molecule has 10 nitrogen and oxygen atoms in total. The predicted molar refractivity (Wildman–Crippen MR) is 166 cm³/mol. The van der Waals surface area contributed by atoms with Gasteiger partial charge in [-0.1, -0.05) is 0 Å². The van der Waals surface area contributed by atoms with Gasteiger partial charge < -0.3 is 35.6 Å². The standard InChI is InChI=1S/C33H38FN5O5/c1-43-29-14-6-23(20-30(29)44-2)33(42)39-17-15-38(16-18-39)28-13-5-22(32(41)36-26-11-9-25(35)10-12-26)19-27(28)37-31(40)21-3-7-24(34)8-4-21/h3-8,13-14,19-20,25-26H,9-12,15-18,35H2,1-2H3,(H,36,41)(H,37,40). The van der Waals surface area contributed by atoms with Crippen LogP contribution in [0.15, 0.2) is 60.7 Å². The van der Waals surface area contributed by atoms with Crippen LogP contribution in [0.4, 0.5) is 15.8 Å². The maximum absolute atomic E-state index is 13.5. The summed E-state index contributed by atoms with van der Waals surface area (Å²) in [5.41, 5.74) is 8.40. The molecule has 4 N–H and O–H groups in total. The maximum Gasteiger partial charge on any atom is 0.255 e. The molecule has 44 heavy (non-hydrogen) atoms. The van der Waals surface area contributed by atoms with E-state index in [2.05, 4.69) is 15.5 Å². The molecular weight excluding hydrogens is 565 g/mol. The highest BCUT2D eigenvalue weighted by Crippen LogP contribution is 2.31. The minimum atomic E-state index is -0.440. The SMILES string of the molecule is COc1ccc(C(=O)N2CCN(c3ccc(C(=O)NC4CCC(N)CC4)cc3NC(=O)c3ccc(F)cc3)CC2)cc1OC. The Morgan fingerprint density at radius 3 is 2.07 bits per heavy atom. The van der Waals surface area contributed by atoms with Crippen LogP contribution in [0.25, 0.3) is 0 Å². The number of anilines is 2. The minimum absolute atomic E-state index is 0.0514. The second kappa shape index (κ2) is 13.8. The van der Waals surface area contributed by atoms with E-state index < -0.39 is 11.7 Å². The number of carbonyl (C=O) groups is 3. The third kappa shape index (κ3) is 7.11. The summed E-state index contributed by atoms with van der Waals surface area (Å²) in [5, 5.41) is 6.02. The van der Waals surface area contributed by atoms with E-state index in [0.717, 1.165) is 31.4 Å². The van der Waals surface area contributed by atoms with E-state index in [0.29, 0.717) is 54.5 Å². The van der Waals surface area contributed by atoms with Crippen molar-refractivity contribution < 1.29 is 28.2 Å². The molecule has 232 valence electrons. The molecule has 3 aromatic rings. The van der Waals surface area contributed by atoms with Crippen LogP contribution >= 0.6 is 0 Å². The zero-order chi connectivity index (χ0) is 31.2. The van der Waals surface area contributed by atoms with Crippen LogP contribution in [0.1, 0.15) is 56.8 Å². The van der Waals surface area contributed by atoms with Crippen LogP contribution in [0.3, 0.4) is 0 Å². The minimum Gasteiger partial charge on any atom is -0.493 e. The van der Waals surface area contributed by atoms with Gasteiger partial charge in [-0.3, -0.25) is 14.4 Å². The lowest BCUT2D eigenvalue weighted by atomic mass is 9.91. The molecule has 1 heterocycles. The fraction of sp³-hybridized carbons (Fsp3) is 0.364. The number of ether oxygens (including phenoxy) is 2. The van der Waals surface area contributed by atoms with Crippen LogP contribution in [0.2, 0.25) is 0 Å². The van der Waals surface area contributed by atoms with Crippen LogP contribution in [-0.4, -0.2) is 75.1 Å². The number of carbonyl (C=O) groups excluding carboxylic acids is 3. The van der Waals surface area contributed by atoms with Gasteiger partial charge in [0.05, 0.1) is 25.6 Å². The summed E-state index contributed by atoms with van der Waals surface area (Å²) in [6, 6.07) is 15.8.